The average Bonchev–Trinajstić information content (AvgIpc) is 3.02. The molecule has 2 aliphatic rings. The van der Waals surface area contributed by atoms with Crippen LogP contribution in [-0.2, 0) is 17.5 Å². The number of hydrogen-bond donors (Lipinski definition) is 4. The van der Waals surface area contributed by atoms with Gasteiger partial charge in [-0.3, -0.25) is 19.5 Å². The van der Waals surface area contributed by atoms with Gasteiger partial charge in [-0.2, -0.15) is 13.2 Å². The smallest absolute Gasteiger partial charge is 0.416 e. The maximum absolute atomic E-state index is 13.5. The van der Waals surface area contributed by atoms with E-state index in [1.807, 2.05) is 17.0 Å². The normalized spacial score (nSPS) is 16.7. The molecular weight excluding hydrogens is 586 g/mol. The summed E-state index contributed by atoms with van der Waals surface area (Å²) in [6, 6.07) is 11.8. The Morgan fingerprint density at radius 2 is 1.71 bits per heavy atom. The first-order valence-electron chi connectivity index (χ1n) is 15.2. The zero-order valence-corrected chi connectivity index (χ0v) is 25.1. The Labute approximate surface area is 260 Å². The predicted octanol–water partition coefficient (Wildman–Crippen LogP) is 4.59. The van der Waals surface area contributed by atoms with E-state index in [2.05, 4.69) is 30.7 Å². The minimum Gasteiger partial charge on any atom is -0.433 e. The number of rotatable bonds is 9. The second kappa shape index (κ2) is 14.3. The van der Waals surface area contributed by atoms with Crippen molar-refractivity contribution in [3.05, 3.63) is 77.7 Å². The Morgan fingerprint density at radius 1 is 0.956 bits per heavy atom. The van der Waals surface area contributed by atoms with Crippen LogP contribution in [-0.4, -0.2) is 75.9 Å². The van der Waals surface area contributed by atoms with Crippen LogP contribution in [0.1, 0.15) is 47.3 Å². The molecule has 0 bridgehead atoms. The fourth-order valence-electron chi connectivity index (χ4n) is 5.82. The third kappa shape index (κ3) is 8.73. The number of anilines is 3. The van der Waals surface area contributed by atoms with Gasteiger partial charge in [-0.15, -0.1) is 0 Å². The Kier molecular flexibility index (Phi) is 10.2. The zero-order chi connectivity index (χ0) is 32.0. The van der Waals surface area contributed by atoms with Crippen LogP contribution in [0.4, 0.5) is 30.4 Å². The van der Waals surface area contributed by atoms with Crippen molar-refractivity contribution in [2.75, 3.05) is 42.0 Å². The highest BCUT2D eigenvalue weighted by Gasteiger charge is 2.33. The van der Waals surface area contributed by atoms with Crippen LogP contribution >= 0.6 is 0 Å². The molecule has 3 aromatic rings. The average molecular weight is 623 g/mol. The molecule has 45 heavy (non-hydrogen) atoms. The lowest BCUT2D eigenvalue weighted by molar-refractivity contribution is -0.138. The molecule has 0 aliphatic carbocycles. The molecule has 2 amide bonds. The molecule has 2 aromatic heterocycles. The van der Waals surface area contributed by atoms with Gasteiger partial charge >= 0.3 is 13.2 Å². The lowest BCUT2D eigenvalue weighted by Gasteiger charge is -2.38. The molecule has 2 fully saturated rings. The Hall–Kier alpha value is -4.17. The van der Waals surface area contributed by atoms with Gasteiger partial charge in [0.25, 0.3) is 5.91 Å². The number of pyridine rings is 2. The number of amides is 2. The molecule has 1 aromatic carbocycles. The van der Waals surface area contributed by atoms with Gasteiger partial charge in [-0.05, 0) is 93.6 Å². The number of alkyl halides is 3. The lowest BCUT2D eigenvalue weighted by atomic mass is 9.89. The van der Waals surface area contributed by atoms with Crippen LogP contribution in [0.2, 0.25) is 6.82 Å². The number of aromatic nitrogens is 2. The summed E-state index contributed by atoms with van der Waals surface area (Å²) >= 11 is 0. The Morgan fingerprint density at radius 3 is 2.38 bits per heavy atom. The molecule has 238 valence electrons. The third-order valence-electron chi connectivity index (χ3n) is 8.18. The number of piperidine rings is 2. The van der Waals surface area contributed by atoms with Gasteiger partial charge in [0.05, 0.1) is 16.9 Å². The monoisotopic (exact) mass is 623 g/mol. The van der Waals surface area contributed by atoms with Gasteiger partial charge in [0.15, 0.2) is 0 Å². The summed E-state index contributed by atoms with van der Waals surface area (Å²) in [5.41, 5.74) is 0.713. The SMILES string of the molecule is CB(O)Nc1cc(CN2CCC(C(=O)N3CCC(Nc4ccc(C(F)(F)F)cc4NC(=O)c4ccccn4)CC3)CC2)ccn1. The molecule has 10 nitrogen and oxygen atoms in total. The van der Waals surface area contributed by atoms with Crippen LogP contribution in [0.15, 0.2) is 60.9 Å². The predicted molar refractivity (Wildman–Crippen MR) is 167 cm³/mol. The first-order chi connectivity index (χ1) is 21.5. The van der Waals surface area contributed by atoms with Gasteiger partial charge in [-0.1, -0.05) is 6.07 Å². The molecule has 0 unspecified atom stereocenters. The molecule has 0 atom stereocenters. The van der Waals surface area contributed by atoms with Crippen molar-refractivity contribution < 1.29 is 27.8 Å². The van der Waals surface area contributed by atoms with E-state index in [-0.39, 0.29) is 29.2 Å². The van der Waals surface area contributed by atoms with Crippen molar-refractivity contribution >= 4 is 36.1 Å². The summed E-state index contributed by atoms with van der Waals surface area (Å²) in [5, 5.41) is 18.3. The van der Waals surface area contributed by atoms with Gasteiger partial charge in [-0.25, -0.2) is 4.98 Å². The molecule has 0 radical (unpaired) electrons. The van der Waals surface area contributed by atoms with Crippen LogP contribution in [0.25, 0.3) is 0 Å². The Balaban J connectivity index is 1.13. The lowest BCUT2D eigenvalue weighted by Crippen LogP contribution is -2.47. The molecule has 4 N–H and O–H groups in total. The molecular formula is C31H37BF3N7O3. The molecule has 14 heteroatoms. The number of nitrogens with one attached hydrogen (secondary N) is 3. The summed E-state index contributed by atoms with van der Waals surface area (Å²) in [7, 11) is -0.692. The maximum atomic E-state index is 13.5. The topological polar surface area (TPSA) is 123 Å². The van der Waals surface area contributed by atoms with Gasteiger partial charge in [0, 0.05) is 44.0 Å². The van der Waals surface area contributed by atoms with E-state index in [0.29, 0.717) is 37.4 Å². The maximum Gasteiger partial charge on any atom is 0.416 e. The molecule has 0 saturated carbocycles. The summed E-state index contributed by atoms with van der Waals surface area (Å²) in [4.78, 5) is 38.5. The van der Waals surface area contributed by atoms with Gasteiger partial charge < -0.3 is 25.8 Å². The number of nitrogens with zero attached hydrogens (tertiary/aromatic N) is 4. The van der Waals surface area contributed by atoms with E-state index < -0.39 is 24.7 Å². The third-order valence-corrected chi connectivity index (χ3v) is 8.18. The summed E-state index contributed by atoms with van der Waals surface area (Å²) in [5.74, 6) is 0.120. The van der Waals surface area contributed by atoms with E-state index in [4.69, 9.17) is 0 Å². The first-order valence-corrected chi connectivity index (χ1v) is 15.2. The summed E-state index contributed by atoms with van der Waals surface area (Å²) in [6.07, 6.45) is 1.39. The highest BCUT2D eigenvalue weighted by molar-refractivity contribution is 6.52. The molecule has 4 heterocycles. The van der Waals surface area contributed by atoms with Gasteiger partial charge in [0.2, 0.25) is 5.91 Å². The minimum absolute atomic E-state index is 0.0213. The Bertz CT molecular complexity index is 1460. The van der Waals surface area contributed by atoms with Crippen molar-refractivity contribution in [3.8, 4) is 0 Å². The number of likely N-dealkylation sites (tertiary alicyclic amines) is 2. The van der Waals surface area contributed by atoms with Crippen molar-refractivity contribution in [3.63, 3.8) is 0 Å². The van der Waals surface area contributed by atoms with E-state index in [1.54, 1.807) is 25.2 Å². The second-order valence-electron chi connectivity index (χ2n) is 11.6. The fourth-order valence-corrected chi connectivity index (χ4v) is 5.82. The minimum atomic E-state index is -4.57. The first kappa shape index (κ1) is 32.2. The number of carbonyl (C=O) groups excluding carboxylic acids is 2. The quantitative estimate of drug-likeness (QED) is 0.256. The fraction of sp³-hybridized carbons (Fsp3) is 0.419. The molecule has 0 spiro atoms. The largest absolute Gasteiger partial charge is 0.433 e. The van der Waals surface area contributed by atoms with Crippen molar-refractivity contribution in [2.24, 2.45) is 5.92 Å². The second-order valence-corrected chi connectivity index (χ2v) is 11.6. The van der Waals surface area contributed by atoms with Gasteiger partial charge in [0.1, 0.15) is 11.5 Å². The van der Waals surface area contributed by atoms with E-state index in [1.165, 1.54) is 18.3 Å². The highest BCUT2D eigenvalue weighted by Crippen LogP contribution is 2.35. The number of hydrogen-bond acceptors (Lipinski definition) is 8. The van der Waals surface area contributed by atoms with Crippen molar-refractivity contribution in [2.45, 2.75) is 51.3 Å². The molecule has 2 saturated heterocycles. The standard InChI is InChI=1S/C31H37BF3N7O3/c1-32(45)40-28-18-21(7-13-37-28)20-41-14-8-22(9-15-41)30(44)42-16-10-24(11-17-42)38-25-6-5-23(31(33,34)35)19-27(25)39-29(43)26-4-2-3-12-36-26/h2-7,12-13,18-19,22,24,38,45H,8-11,14-17,20H2,1H3,(H,37,40)(H,39,43). The van der Waals surface area contributed by atoms with Crippen LogP contribution in [0.3, 0.4) is 0 Å². The number of halogens is 3. The van der Waals surface area contributed by atoms with Crippen LogP contribution in [0.5, 0.6) is 0 Å². The highest BCUT2D eigenvalue weighted by atomic mass is 19.4. The zero-order valence-electron chi connectivity index (χ0n) is 25.1. The van der Waals surface area contributed by atoms with E-state index >= 15 is 0 Å². The van der Waals surface area contributed by atoms with E-state index in [0.717, 1.165) is 50.2 Å². The van der Waals surface area contributed by atoms with Crippen molar-refractivity contribution in [1.82, 2.24) is 19.8 Å². The summed E-state index contributed by atoms with van der Waals surface area (Å²) < 4.78 is 40.4. The van der Waals surface area contributed by atoms with Crippen LogP contribution < -0.4 is 15.9 Å². The molecule has 2 aliphatic heterocycles. The van der Waals surface area contributed by atoms with Crippen LogP contribution in [0, 0.1) is 5.92 Å². The molecule has 5 rings (SSSR count). The summed E-state index contributed by atoms with van der Waals surface area (Å²) in [6.45, 7) is 5.07. The number of benzene rings is 1. The van der Waals surface area contributed by atoms with Crippen molar-refractivity contribution in [1.29, 1.82) is 0 Å². The van der Waals surface area contributed by atoms with E-state index in [9.17, 15) is 27.8 Å². The number of carbonyl (C=O) groups is 2.